The van der Waals surface area contributed by atoms with Crippen LogP contribution in [0.1, 0.15) is 24.8 Å². The van der Waals surface area contributed by atoms with Gasteiger partial charge >= 0.3 is 6.03 Å². The first-order valence-electron chi connectivity index (χ1n) is 9.72. The van der Waals surface area contributed by atoms with Gasteiger partial charge in [0.15, 0.2) is 0 Å². The van der Waals surface area contributed by atoms with Gasteiger partial charge in [-0.2, -0.15) is 0 Å². The van der Waals surface area contributed by atoms with Crippen LogP contribution >= 0.6 is 0 Å². The van der Waals surface area contributed by atoms with Crippen molar-refractivity contribution in [3.63, 3.8) is 0 Å². The monoisotopic (exact) mass is 383 g/mol. The number of nitrogens with zero attached hydrogens (tertiary/aromatic N) is 1. The Kier molecular flexibility index (Phi) is 7.00. The summed E-state index contributed by atoms with van der Waals surface area (Å²) in [5.74, 6) is 0.166. The predicted molar refractivity (Wildman–Crippen MR) is 107 cm³/mol. The number of hydrogen-bond donors (Lipinski definition) is 2. The van der Waals surface area contributed by atoms with Gasteiger partial charge < -0.3 is 15.5 Å². The highest BCUT2D eigenvalue weighted by Crippen LogP contribution is 2.21. The number of hydrogen-bond acceptors (Lipinski definition) is 2. The van der Waals surface area contributed by atoms with E-state index in [4.69, 9.17) is 0 Å². The van der Waals surface area contributed by atoms with Gasteiger partial charge in [0, 0.05) is 25.3 Å². The number of nitrogens with one attached hydrogen (secondary N) is 2. The van der Waals surface area contributed by atoms with Crippen LogP contribution < -0.4 is 10.6 Å². The van der Waals surface area contributed by atoms with Gasteiger partial charge in [0.1, 0.15) is 5.82 Å². The van der Waals surface area contributed by atoms with Crippen molar-refractivity contribution < 1.29 is 14.0 Å². The van der Waals surface area contributed by atoms with Gasteiger partial charge in [-0.05, 0) is 48.9 Å². The molecule has 1 heterocycles. The molecule has 28 heavy (non-hydrogen) atoms. The number of anilines is 1. The van der Waals surface area contributed by atoms with Crippen molar-refractivity contribution >= 4 is 17.6 Å². The van der Waals surface area contributed by atoms with Gasteiger partial charge in [-0.15, -0.1) is 0 Å². The summed E-state index contributed by atoms with van der Waals surface area (Å²) in [6, 6.07) is 15.4. The number of amides is 3. The number of benzene rings is 2. The molecule has 0 spiro atoms. The molecule has 148 valence electrons. The zero-order chi connectivity index (χ0) is 19.8. The molecule has 1 fully saturated rings. The number of urea groups is 1. The minimum atomic E-state index is -0.370. The van der Waals surface area contributed by atoms with E-state index >= 15 is 0 Å². The molecular formula is C22H26FN3O2. The van der Waals surface area contributed by atoms with Crippen LogP contribution in [-0.2, 0) is 11.2 Å². The number of halogens is 1. The molecule has 1 aliphatic rings. The molecule has 2 aromatic rings. The number of carbonyl (C=O) groups is 2. The molecule has 6 heteroatoms. The molecule has 2 aromatic carbocycles. The van der Waals surface area contributed by atoms with Crippen LogP contribution in [0.2, 0.25) is 0 Å². The number of carbonyl (C=O) groups excluding carboxylic acids is 2. The summed E-state index contributed by atoms with van der Waals surface area (Å²) in [7, 11) is 0. The maximum Gasteiger partial charge on any atom is 0.321 e. The Balaban J connectivity index is 1.34. The molecule has 0 unspecified atom stereocenters. The van der Waals surface area contributed by atoms with Crippen molar-refractivity contribution in [2.45, 2.75) is 25.7 Å². The van der Waals surface area contributed by atoms with E-state index in [-0.39, 0.29) is 17.8 Å². The van der Waals surface area contributed by atoms with E-state index in [1.54, 1.807) is 17.0 Å². The molecule has 1 saturated heterocycles. The zero-order valence-corrected chi connectivity index (χ0v) is 15.9. The molecule has 3 amide bonds. The molecule has 1 aliphatic heterocycles. The quantitative estimate of drug-likeness (QED) is 0.797. The van der Waals surface area contributed by atoms with Gasteiger partial charge in [0.2, 0.25) is 5.91 Å². The fraction of sp³-hybridized carbons (Fsp3) is 0.364. The lowest BCUT2D eigenvalue weighted by molar-refractivity contribution is -0.120. The first-order chi connectivity index (χ1) is 13.6. The second kappa shape index (κ2) is 9.88. The summed E-state index contributed by atoms with van der Waals surface area (Å²) in [4.78, 5) is 26.1. The average Bonchev–Trinajstić information content (AvgIpc) is 2.69. The van der Waals surface area contributed by atoms with Crippen LogP contribution in [0, 0.1) is 11.7 Å². The molecule has 0 atom stereocenters. The minimum absolute atomic E-state index is 0.0399. The summed E-state index contributed by atoms with van der Waals surface area (Å²) in [6.07, 6.45) is 3.13. The molecule has 0 aromatic heterocycles. The van der Waals surface area contributed by atoms with E-state index in [1.165, 1.54) is 12.1 Å². The summed E-state index contributed by atoms with van der Waals surface area (Å²) >= 11 is 0. The molecule has 0 bridgehead atoms. The summed E-state index contributed by atoms with van der Waals surface area (Å²) in [5.41, 5.74) is 1.48. The van der Waals surface area contributed by atoms with Crippen LogP contribution in [0.15, 0.2) is 54.6 Å². The van der Waals surface area contributed by atoms with Crippen LogP contribution in [0.4, 0.5) is 14.9 Å². The normalized spacial score (nSPS) is 14.5. The van der Waals surface area contributed by atoms with E-state index in [2.05, 4.69) is 10.6 Å². The first-order valence-corrected chi connectivity index (χ1v) is 9.72. The Labute approximate surface area is 164 Å². The molecule has 0 radical (unpaired) electrons. The van der Waals surface area contributed by atoms with Gasteiger partial charge in [0.25, 0.3) is 0 Å². The Bertz CT molecular complexity index is 789. The molecule has 0 aliphatic carbocycles. The van der Waals surface area contributed by atoms with E-state index in [0.717, 1.165) is 24.8 Å². The van der Waals surface area contributed by atoms with Crippen LogP contribution in [-0.4, -0.2) is 36.5 Å². The molecular weight excluding hydrogens is 357 g/mol. The predicted octanol–water partition coefficient (Wildman–Crippen LogP) is 3.82. The Hall–Kier alpha value is -2.89. The van der Waals surface area contributed by atoms with E-state index < -0.39 is 0 Å². The highest BCUT2D eigenvalue weighted by molar-refractivity contribution is 5.89. The Morgan fingerprint density at radius 1 is 1.04 bits per heavy atom. The largest absolute Gasteiger partial charge is 0.356 e. The Morgan fingerprint density at radius 2 is 1.79 bits per heavy atom. The van der Waals surface area contributed by atoms with Gasteiger partial charge in [0.05, 0.1) is 6.42 Å². The fourth-order valence-electron chi connectivity index (χ4n) is 3.45. The second-order valence-electron chi connectivity index (χ2n) is 7.17. The van der Waals surface area contributed by atoms with Gasteiger partial charge in [-0.3, -0.25) is 4.79 Å². The highest BCUT2D eigenvalue weighted by atomic mass is 19.1. The Morgan fingerprint density at radius 3 is 2.50 bits per heavy atom. The third-order valence-electron chi connectivity index (χ3n) is 5.06. The maximum absolute atomic E-state index is 13.2. The maximum atomic E-state index is 13.2. The van der Waals surface area contributed by atoms with Crippen molar-refractivity contribution in [3.05, 3.63) is 66.0 Å². The third-order valence-corrected chi connectivity index (χ3v) is 5.06. The lowest BCUT2D eigenvalue weighted by atomic mass is 9.93. The van der Waals surface area contributed by atoms with Crippen molar-refractivity contribution in [2.24, 2.45) is 5.92 Å². The average molecular weight is 383 g/mol. The fourth-order valence-corrected chi connectivity index (χ4v) is 3.45. The number of likely N-dealkylation sites (tertiary alicyclic amines) is 1. The first kappa shape index (κ1) is 19.9. The van der Waals surface area contributed by atoms with Crippen molar-refractivity contribution in [2.75, 3.05) is 25.0 Å². The van der Waals surface area contributed by atoms with E-state index in [1.807, 2.05) is 30.3 Å². The molecule has 0 saturated carbocycles. The zero-order valence-electron chi connectivity index (χ0n) is 15.9. The third kappa shape index (κ3) is 6.08. The molecule has 3 rings (SSSR count). The highest BCUT2D eigenvalue weighted by Gasteiger charge is 2.22. The van der Waals surface area contributed by atoms with E-state index in [9.17, 15) is 14.0 Å². The molecule has 5 nitrogen and oxygen atoms in total. The van der Waals surface area contributed by atoms with Crippen molar-refractivity contribution in [3.8, 4) is 0 Å². The van der Waals surface area contributed by atoms with Crippen molar-refractivity contribution in [1.82, 2.24) is 10.2 Å². The smallest absolute Gasteiger partial charge is 0.321 e. The minimum Gasteiger partial charge on any atom is -0.356 e. The number of piperidine rings is 1. The lowest BCUT2D eigenvalue weighted by Crippen LogP contribution is -2.41. The van der Waals surface area contributed by atoms with Crippen LogP contribution in [0.5, 0.6) is 0 Å². The molecule has 2 N–H and O–H groups in total. The SMILES string of the molecule is O=C(Cc1ccccc1)NCCC1CCN(C(=O)Nc2cccc(F)c2)CC1. The summed E-state index contributed by atoms with van der Waals surface area (Å²) in [5, 5.41) is 5.72. The van der Waals surface area contributed by atoms with Gasteiger partial charge in [-0.25, -0.2) is 9.18 Å². The van der Waals surface area contributed by atoms with Crippen LogP contribution in [0.25, 0.3) is 0 Å². The lowest BCUT2D eigenvalue weighted by Gasteiger charge is -2.32. The summed E-state index contributed by atoms with van der Waals surface area (Å²) < 4.78 is 13.2. The van der Waals surface area contributed by atoms with E-state index in [0.29, 0.717) is 37.7 Å². The topological polar surface area (TPSA) is 61.4 Å². The van der Waals surface area contributed by atoms with Crippen molar-refractivity contribution in [1.29, 1.82) is 0 Å². The van der Waals surface area contributed by atoms with Gasteiger partial charge in [-0.1, -0.05) is 36.4 Å². The second-order valence-corrected chi connectivity index (χ2v) is 7.17. The van der Waals surface area contributed by atoms with Crippen LogP contribution in [0.3, 0.4) is 0 Å². The summed E-state index contributed by atoms with van der Waals surface area (Å²) in [6.45, 7) is 2.00. The standard InChI is InChI=1S/C22H26FN3O2/c23-19-7-4-8-20(16-19)25-22(28)26-13-10-17(11-14-26)9-12-24-21(27)15-18-5-2-1-3-6-18/h1-8,16-17H,9-15H2,(H,24,27)(H,25,28). The number of rotatable bonds is 6.